The number of ether oxygens (including phenoxy) is 1. The molecule has 30 heavy (non-hydrogen) atoms. The van der Waals surface area contributed by atoms with Gasteiger partial charge in [-0.15, -0.1) is 0 Å². The van der Waals surface area contributed by atoms with E-state index in [4.69, 9.17) is 10.5 Å². The Morgan fingerprint density at radius 1 is 1.30 bits per heavy atom. The summed E-state index contributed by atoms with van der Waals surface area (Å²) in [6.07, 6.45) is 0.997. The molecule has 7 N–H and O–H groups in total. The maximum Gasteiger partial charge on any atom is 0.224 e. The zero-order chi connectivity index (χ0) is 21.1. The number of carbonyl (C=O) groups excluding carboxylic acids is 1. The second kappa shape index (κ2) is 9.18. The molecule has 0 spiro atoms. The van der Waals surface area contributed by atoms with Gasteiger partial charge in [0.2, 0.25) is 5.91 Å². The number of nitrogens with one attached hydrogen (secondary N) is 3. The highest BCUT2D eigenvalue weighted by Gasteiger charge is 2.44. The number of nitrogens with two attached hydrogens (primary N) is 1. The fourth-order valence-corrected chi connectivity index (χ4v) is 3.92. The number of anilines is 1. The Bertz CT molecular complexity index is 871. The molecule has 164 valence electrons. The van der Waals surface area contributed by atoms with Gasteiger partial charge < -0.3 is 36.6 Å². The molecular formula is C18H28N8O4. The van der Waals surface area contributed by atoms with Gasteiger partial charge in [-0.1, -0.05) is 0 Å². The maximum atomic E-state index is 12.1. The van der Waals surface area contributed by atoms with E-state index in [9.17, 15) is 15.0 Å². The number of fused-ring (bicyclic) bond motifs is 1. The molecule has 2 aliphatic heterocycles. The molecule has 2 aromatic rings. The van der Waals surface area contributed by atoms with E-state index in [1.54, 1.807) is 4.57 Å². The number of piperidine rings is 1. The van der Waals surface area contributed by atoms with Crippen molar-refractivity contribution in [3.8, 4) is 0 Å². The van der Waals surface area contributed by atoms with Crippen molar-refractivity contribution < 1.29 is 19.7 Å². The molecule has 0 radical (unpaired) electrons. The summed E-state index contributed by atoms with van der Waals surface area (Å²) in [5.41, 5.74) is 6.63. The minimum atomic E-state index is -1.15. The van der Waals surface area contributed by atoms with Crippen molar-refractivity contribution >= 4 is 22.9 Å². The average Bonchev–Trinajstić information content (AvgIpc) is 3.31. The van der Waals surface area contributed by atoms with E-state index in [1.165, 1.54) is 12.7 Å². The number of nitrogen functional groups attached to an aromatic ring is 1. The van der Waals surface area contributed by atoms with Crippen molar-refractivity contribution in [3.63, 3.8) is 0 Å². The van der Waals surface area contributed by atoms with Crippen LogP contribution in [0.1, 0.15) is 19.1 Å². The summed E-state index contributed by atoms with van der Waals surface area (Å²) >= 11 is 0. The van der Waals surface area contributed by atoms with E-state index >= 15 is 0 Å². The fourth-order valence-electron chi connectivity index (χ4n) is 3.92. The number of aliphatic hydroxyl groups excluding tert-OH is 2. The molecule has 0 bridgehead atoms. The van der Waals surface area contributed by atoms with Gasteiger partial charge in [0.05, 0.1) is 12.2 Å². The lowest BCUT2D eigenvalue weighted by Gasteiger charge is -2.22. The first kappa shape index (κ1) is 20.9. The number of imidazole rings is 1. The third kappa shape index (κ3) is 4.23. The molecule has 12 heteroatoms. The van der Waals surface area contributed by atoms with Crippen LogP contribution in [0.5, 0.6) is 0 Å². The quantitative estimate of drug-likeness (QED) is 0.268. The normalized spacial score (nSPS) is 29.3. The Labute approximate surface area is 173 Å². The van der Waals surface area contributed by atoms with Crippen LogP contribution in [-0.4, -0.2) is 86.7 Å². The summed E-state index contributed by atoms with van der Waals surface area (Å²) in [5, 5.41) is 30.1. The van der Waals surface area contributed by atoms with Crippen LogP contribution in [0.4, 0.5) is 5.82 Å². The first-order valence-electron chi connectivity index (χ1n) is 10.2. The van der Waals surface area contributed by atoms with E-state index in [0.29, 0.717) is 30.8 Å². The Morgan fingerprint density at radius 3 is 2.97 bits per heavy atom. The van der Waals surface area contributed by atoms with Crippen molar-refractivity contribution in [1.29, 1.82) is 0 Å². The van der Waals surface area contributed by atoms with Gasteiger partial charge in [-0.3, -0.25) is 9.36 Å². The van der Waals surface area contributed by atoms with Gasteiger partial charge in [0.1, 0.15) is 30.2 Å². The number of amides is 1. The van der Waals surface area contributed by atoms with Gasteiger partial charge in [0.15, 0.2) is 17.7 Å². The predicted octanol–water partition coefficient (Wildman–Crippen LogP) is -2.27. The molecule has 5 atom stereocenters. The number of hydrogen-bond acceptors (Lipinski definition) is 10. The lowest BCUT2D eigenvalue weighted by atomic mass is 9.99. The third-order valence-electron chi connectivity index (χ3n) is 5.61. The minimum Gasteiger partial charge on any atom is -0.387 e. The fraction of sp³-hybridized carbons (Fsp3) is 0.667. The first-order valence-corrected chi connectivity index (χ1v) is 10.2. The van der Waals surface area contributed by atoms with Crippen LogP contribution in [0.2, 0.25) is 0 Å². The highest BCUT2D eigenvalue weighted by molar-refractivity contribution is 5.81. The number of rotatable bonds is 7. The molecule has 0 aromatic carbocycles. The predicted molar refractivity (Wildman–Crippen MR) is 107 cm³/mol. The summed E-state index contributed by atoms with van der Waals surface area (Å²) in [4.78, 5) is 24.3. The first-order chi connectivity index (χ1) is 14.6. The lowest BCUT2D eigenvalue weighted by molar-refractivity contribution is -0.125. The second-order valence-electron chi connectivity index (χ2n) is 7.67. The Balaban J connectivity index is 1.26. The smallest absolute Gasteiger partial charge is 0.224 e. The minimum absolute atomic E-state index is 0.0255. The molecule has 0 aliphatic carbocycles. The van der Waals surface area contributed by atoms with Gasteiger partial charge in [0, 0.05) is 26.2 Å². The molecule has 3 unspecified atom stereocenters. The highest BCUT2D eigenvalue weighted by Crippen LogP contribution is 2.31. The number of nitrogens with zero attached hydrogens (tertiary/aromatic N) is 4. The summed E-state index contributed by atoms with van der Waals surface area (Å²) in [6, 6.07) is 0. The average molecular weight is 420 g/mol. The molecular weight excluding hydrogens is 392 g/mol. The molecule has 1 amide bonds. The van der Waals surface area contributed by atoms with Crippen LogP contribution in [0.15, 0.2) is 12.7 Å². The summed E-state index contributed by atoms with van der Waals surface area (Å²) < 4.78 is 7.41. The third-order valence-corrected chi connectivity index (χ3v) is 5.61. The molecule has 2 saturated heterocycles. The highest BCUT2D eigenvalue weighted by atomic mass is 16.6. The van der Waals surface area contributed by atoms with Crippen molar-refractivity contribution in [2.24, 2.45) is 5.92 Å². The standard InChI is InChI=1S/C18H28N8O4/c19-15-12-16(24-8-23-15)26(9-25-12)18-14(28)13(27)11(30-18)7-21-4-5-22-17(29)10-2-1-3-20-6-10/h8-11,13-14,18,20-21,27-28H,1-7H2,(H,22,29)(H2,19,23,24)/t10?,11-,13?,14?,18-/m1/s1. The van der Waals surface area contributed by atoms with Crippen molar-refractivity contribution in [2.75, 3.05) is 38.5 Å². The molecule has 12 nitrogen and oxygen atoms in total. The molecule has 0 saturated carbocycles. The molecule has 2 aliphatic rings. The van der Waals surface area contributed by atoms with E-state index in [0.717, 1.165) is 25.9 Å². The Morgan fingerprint density at radius 2 is 2.17 bits per heavy atom. The Hall–Kier alpha value is -2.38. The van der Waals surface area contributed by atoms with E-state index in [1.807, 2.05) is 0 Å². The second-order valence-corrected chi connectivity index (χ2v) is 7.67. The molecule has 4 rings (SSSR count). The molecule has 4 heterocycles. The van der Waals surface area contributed by atoms with Gasteiger partial charge in [-0.25, -0.2) is 15.0 Å². The van der Waals surface area contributed by atoms with E-state index < -0.39 is 24.5 Å². The van der Waals surface area contributed by atoms with Crippen LogP contribution in [0.3, 0.4) is 0 Å². The van der Waals surface area contributed by atoms with Crippen LogP contribution >= 0.6 is 0 Å². The maximum absolute atomic E-state index is 12.1. The Kier molecular flexibility index (Phi) is 6.39. The van der Waals surface area contributed by atoms with Crippen LogP contribution in [0.25, 0.3) is 11.2 Å². The van der Waals surface area contributed by atoms with Gasteiger partial charge >= 0.3 is 0 Å². The largest absolute Gasteiger partial charge is 0.387 e. The zero-order valence-electron chi connectivity index (χ0n) is 16.6. The van der Waals surface area contributed by atoms with E-state index in [2.05, 4.69) is 30.9 Å². The molecule has 2 fully saturated rings. The summed E-state index contributed by atoms with van der Waals surface area (Å²) in [6.45, 7) is 3.01. The van der Waals surface area contributed by atoms with Gasteiger partial charge in [-0.05, 0) is 19.4 Å². The number of aliphatic hydroxyl groups is 2. The van der Waals surface area contributed by atoms with Crippen molar-refractivity contribution in [3.05, 3.63) is 12.7 Å². The van der Waals surface area contributed by atoms with Crippen molar-refractivity contribution in [1.82, 2.24) is 35.5 Å². The number of aromatic nitrogens is 4. The van der Waals surface area contributed by atoms with Crippen LogP contribution < -0.4 is 21.7 Å². The lowest BCUT2D eigenvalue weighted by Crippen LogP contribution is -2.43. The molecule has 2 aromatic heterocycles. The topological polar surface area (TPSA) is 172 Å². The van der Waals surface area contributed by atoms with E-state index in [-0.39, 0.29) is 17.6 Å². The number of carbonyl (C=O) groups is 1. The zero-order valence-corrected chi connectivity index (χ0v) is 16.6. The monoisotopic (exact) mass is 420 g/mol. The summed E-state index contributed by atoms with van der Waals surface area (Å²) in [7, 11) is 0. The SMILES string of the molecule is Nc1ncnc2c1ncn2[C@@H]1O[C@H](CNCCNC(=O)C2CCCNC2)C(O)C1O. The van der Waals surface area contributed by atoms with Crippen LogP contribution in [-0.2, 0) is 9.53 Å². The van der Waals surface area contributed by atoms with Crippen molar-refractivity contribution in [2.45, 2.75) is 37.4 Å². The van der Waals surface area contributed by atoms with Crippen LogP contribution in [0, 0.1) is 5.92 Å². The van der Waals surface area contributed by atoms with Gasteiger partial charge in [0.25, 0.3) is 0 Å². The van der Waals surface area contributed by atoms with Gasteiger partial charge in [-0.2, -0.15) is 0 Å². The summed E-state index contributed by atoms with van der Waals surface area (Å²) in [5.74, 6) is 0.318. The number of hydrogen-bond donors (Lipinski definition) is 6.